The van der Waals surface area contributed by atoms with Crippen molar-refractivity contribution < 1.29 is 4.39 Å². The van der Waals surface area contributed by atoms with E-state index in [1.165, 1.54) is 32.1 Å². The molecule has 1 saturated carbocycles. The molecule has 1 atom stereocenters. The summed E-state index contributed by atoms with van der Waals surface area (Å²) in [5.74, 6) is -0.169. The third kappa shape index (κ3) is 8.58. The largest absolute Gasteiger partial charge is 0.373 e. The molecule has 0 bridgehead atoms. The highest BCUT2D eigenvalue weighted by Gasteiger charge is 2.15. The predicted octanol–water partition coefficient (Wildman–Crippen LogP) is 6.68. The van der Waals surface area contributed by atoms with Crippen LogP contribution in [0.4, 0.5) is 4.39 Å². The highest BCUT2D eigenvalue weighted by atomic mass is 19.1. The Bertz CT molecular complexity index is 891. The molecular weight excluding hydrogens is 411 g/mol. The van der Waals surface area contributed by atoms with Crippen LogP contribution < -0.4 is 5.32 Å². The lowest BCUT2D eigenvalue weighted by Gasteiger charge is -2.26. The highest BCUT2D eigenvalue weighted by Crippen LogP contribution is 2.25. The minimum Gasteiger partial charge on any atom is -0.373 e. The number of aryl methyl sites for hydroxylation is 1. The summed E-state index contributed by atoms with van der Waals surface area (Å²) < 4.78 is 14.1. The number of benzene rings is 1. The van der Waals surface area contributed by atoms with E-state index in [0.717, 1.165) is 23.3 Å². The van der Waals surface area contributed by atoms with Crippen molar-refractivity contribution in [2.45, 2.75) is 64.5 Å². The second-order valence-electron chi connectivity index (χ2n) is 8.51. The average Bonchev–Trinajstić information content (AvgIpc) is 2.82. The van der Waals surface area contributed by atoms with E-state index in [1.807, 2.05) is 43.6 Å². The molecule has 0 amide bonds. The van der Waals surface area contributed by atoms with Crippen LogP contribution in [0.3, 0.4) is 0 Å². The standard InChI is InChI=1S/C28H39FN4/c1-6-11-23(27(16-18-30-4)32-21-31-25-12-9-8-10-13-25)17-19-33(5)28(7-2)24-15-14-22(3)26(29)20-24/h6,11,14-20,25,28,31H,1,4,7-10,12-13,21H2,2-3,5H3/b18-16-,19-17-,23-11+,32-27?. The van der Waals surface area contributed by atoms with Crippen LogP contribution in [0.5, 0.6) is 0 Å². The summed E-state index contributed by atoms with van der Waals surface area (Å²) in [5, 5.41) is 3.56. The lowest BCUT2D eigenvalue weighted by Crippen LogP contribution is -2.31. The van der Waals surface area contributed by atoms with Crippen LogP contribution in [0.1, 0.15) is 62.6 Å². The molecular formula is C28H39FN4. The number of aliphatic imine (C=N–C) groups is 2. The Balaban J connectivity index is 2.18. The molecule has 0 aliphatic heterocycles. The zero-order valence-electron chi connectivity index (χ0n) is 20.4. The maximum Gasteiger partial charge on any atom is 0.126 e. The monoisotopic (exact) mass is 450 g/mol. The van der Waals surface area contributed by atoms with Gasteiger partial charge in [-0.3, -0.25) is 15.3 Å². The first kappa shape index (κ1) is 26.5. The van der Waals surface area contributed by atoms with E-state index in [0.29, 0.717) is 18.3 Å². The number of nitrogens with one attached hydrogen (secondary N) is 1. The van der Waals surface area contributed by atoms with Gasteiger partial charge in [0.25, 0.3) is 0 Å². The van der Waals surface area contributed by atoms with Gasteiger partial charge in [-0.15, -0.1) is 0 Å². The Labute approximate surface area is 199 Å². The summed E-state index contributed by atoms with van der Waals surface area (Å²) in [4.78, 5) is 10.8. The first-order valence-corrected chi connectivity index (χ1v) is 11.9. The van der Waals surface area contributed by atoms with E-state index < -0.39 is 0 Å². The Morgan fingerprint density at radius 1 is 1.27 bits per heavy atom. The van der Waals surface area contributed by atoms with Crippen molar-refractivity contribution in [2.75, 3.05) is 13.7 Å². The number of rotatable bonds is 12. The molecule has 1 aromatic carbocycles. The molecule has 1 N–H and O–H groups in total. The molecule has 0 aromatic heterocycles. The quantitative estimate of drug-likeness (QED) is 0.285. The third-order valence-electron chi connectivity index (χ3n) is 6.11. The molecule has 33 heavy (non-hydrogen) atoms. The van der Waals surface area contributed by atoms with Crippen molar-refractivity contribution in [3.05, 3.63) is 84.0 Å². The zero-order chi connectivity index (χ0) is 24.1. The van der Waals surface area contributed by atoms with Crippen LogP contribution in [0, 0.1) is 12.7 Å². The molecule has 1 fully saturated rings. The molecule has 1 aliphatic carbocycles. The second-order valence-corrected chi connectivity index (χ2v) is 8.51. The molecule has 2 rings (SSSR count). The molecule has 4 nitrogen and oxygen atoms in total. The maximum atomic E-state index is 14.1. The lowest BCUT2D eigenvalue weighted by molar-refractivity contribution is 0.327. The van der Waals surface area contributed by atoms with Crippen molar-refractivity contribution in [3.63, 3.8) is 0 Å². The predicted molar refractivity (Wildman–Crippen MR) is 140 cm³/mol. The normalized spacial score (nSPS) is 17.0. The van der Waals surface area contributed by atoms with Crippen molar-refractivity contribution in [1.29, 1.82) is 0 Å². The van der Waals surface area contributed by atoms with Crippen LogP contribution >= 0.6 is 0 Å². The Morgan fingerprint density at radius 3 is 2.67 bits per heavy atom. The van der Waals surface area contributed by atoms with Gasteiger partial charge in [-0.25, -0.2) is 4.39 Å². The van der Waals surface area contributed by atoms with Gasteiger partial charge in [0, 0.05) is 24.9 Å². The number of allylic oxidation sites excluding steroid dienone is 5. The minimum absolute atomic E-state index is 0.0695. The van der Waals surface area contributed by atoms with E-state index in [1.54, 1.807) is 25.3 Å². The van der Waals surface area contributed by atoms with Gasteiger partial charge in [0.1, 0.15) is 5.82 Å². The SMILES string of the molecule is C=C/C=C(\C=C/N(C)C(CC)c1ccc(C)c(F)c1)C(/C=C\N=C)=NCNC1CCCCC1. The van der Waals surface area contributed by atoms with E-state index >= 15 is 0 Å². The Morgan fingerprint density at radius 2 is 2.03 bits per heavy atom. The molecule has 1 aliphatic rings. The summed E-state index contributed by atoms with van der Waals surface area (Å²) in [7, 11) is 2.01. The molecule has 0 spiro atoms. The third-order valence-corrected chi connectivity index (χ3v) is 6.11. The van der Waals surface area contributed by atoms with Crippen LogP contribution in [-0.4, -0.2) is 37.1 Å². The Kier molecular flexibility index (Phi) is 11.5. The molecule has 1 aromatic rings. The summed E-state index contributed by atoms with van der Waals surface area (Å²) in [6.45, 7) is 11.9. The van der Waals surface area contributed by atoms with Gasteiger partial charge in [0.05, 0.1) is 18.4 Å². The summed E-state index contributed by atoms with van der Waals surface area (Å²) >= 11 is 0. The number of hydrogen-bond donors (Lipinski definition) is 1. The van der Waals surface area contributed by atoms with Crippen molar-refractivity contribution >= 4 is 12.4 Å². The summed E-state index contributed by atoms with van der Waals surface area (Å²) in [5.41, 5.74) is 3.36. The number of hydrogen-bond acceptors (Lipinski definition) is 4. The van der Waals surface area contributed by atoms with E-state index in [9.17, 15) is 4.39 Å². The summed E-state index contributed by atoms with van der Waals surface area (Å²) in [6.07, 6.45) is 18.4. The van der Waals surface area contributed by atoms with Crippen molar-refractivity contribution in [3.8, 4) is 0 Å². The van der Waals surface area contributed by atoms with Crippen LogP contribution in [0.15, 0.2) is 77.0 Å². The maximum absolute atomic E-state index is 14.1. The van der Waals surface area contributed by atoms with Gasteiger partial charge in [-0.05, 0) is 68.4 Å². The van der Waals surface area contributed by atoms with Gasteiger partial charge in [0.2, 0.25) is 0 Å². The van der Waals surface area contributed by atoms with Gasteiger partial charge < -0.3 is 4.90 Å². The molecule has 0 heterocycles. The molecule has 1 unspecified atom stereocenters. The van der Waals surface area contributed by atoms with Crippen LogP contribution in [0.25, 0.3) is 0 Å². The van der Waals surface area contributed by atoms with Gasteiger partial charge in [-0.1, -0.05) is 57.0 Å². The molecule has 5 heteroatoms. The second kappa shape index (κ2) is 14.4. The number of nitrogens with zero attached hydrogens (tertiary/aromatic N) is 3. The molecule has 0 saturated heterocycles. The first-order chi connectivity index (χ1) is 16.0. The summed E-state index contributed by atoms with van der Waals surface area (Å²) in [6, 6.07) is 6.08. The minimum atomic E-state index is -0.169. The average molecular weight is 451 g/mol. The molecule has 0 radical (unpaired) electrons. The Hall–Kier alpha value is -2.79. The van der Waals surface area contributed by atoms with Gasteiger partial charge in [0.15, 0.2) is 0 Å². The fourth-order valence-electron chi connectivity index (χ4n) is 4.16. The fourth-order valence-corrected chi connectivity index (χ4v) is 4.16. The van der Waals surface area contributed by atoms with Gasteiger partial charge >= 0.3 is 0 Å². The first-order valence-electron chi connectivity index (χ1n) is 11.9. The van der Waals surface area contributed by atoms with E-state index in [4.69, 9.17) is 4.99 Å². The van der Waals surface area contributed by atoms with Gasteiger partial charge in [-0.2, -0.15) is 0 Å². The van der Waals surface area contributed by atoms with Crippen molar-refractivity contribution in [1.82, 2.24) is 10.2 Å². The van der Waals surface area contributed by atoms with Crippen molar-refractivity contribution in [2.24, 2.45) is 9.98 Å². The smallest absolute Gasteiger partial charge is 0.126 e. The van der Waals surface area contributed by atoms with E-state index in [2.05, 4.69) is 35.4 Å². The van der Waals surface area contributed by atoms with Crippen LogP contribution in [-0.2, 0) is 0 Å². The van der Waals surface area contributed by atoms with Crippen LogP contribution in [0.2, 0.25) is 0 Å². The fraction of sp³-hybridized carbons (Fsp3) is 0.429. The number of halogens is 1. The molecule has 178 valence electrons. The highest BCUT2D eigenvalue weighted by molar-refractivity contribution is 6.10. The zero-order valence-corrected chi connectivity index (χ0v) is 20.4. The topological polar surface area (TPSA) is 40.0 Å². The van der Waals surface area contributed by atoms with E-state index in [-0.39, 0.29) is 11.9 Å². The lowest BCUT2D eigenvalue weighted by atomic mass is 9.96.